The Hall–Kier alpha value is -3.26. The number of benzene rings is 2. The van der Waals surface area contributed by atoms with E-state index in [9.17, 15) is 0 Å². The number of nitrogens with two attached hydrogens (primary N) is 1. The summed E-state index contributed by atoms with van der Waals surface area (Å²) < 4.78 is 11.8. The fourth-order valence-corrected chi connectivity index (χ4v) is 5.48. The molecular formula is C31H44N4O3S. The highest BCUT2D eigenvalue weighted by Gasteiger charge is 2.17. The number of rotatable bonds is 18. The zero-order valence-corrected chi connectivity index (χ0v) is 24.5. The van der Waals surface area contributed by atoms with Gasteiger partial charge >= 0.3 is 0 Å². The summed E-state index contributed by atoms with van der Waals surface area (Å²) in [5, 5.41) is 12.9. The molecule has 3 aromatic rings. The maximum Gasteiger partial charge on any atom is 0.186 e. The summed E-state index contributed by atoms with van der Waals surface area (Å²) in [4.78, 5) is 8.94. The Morgan fingerprint density at radius 2 is 1.44 bits per heavy atom. The molecule has 0 spiro atoms. The Kier molecular flexibility index (Phi) is 12.9. The normalized spacial score (nSPS) is 11.5. The molecule has 3 rings (SSSR count). The van der Waals surface area contributed by atoms with Crippen LogP contribution in [0.4, 0.5) is 5.13 Å². The first-order valence-corrected chi connectivity index (χ1v) is 15.1. The third-order valence-corrected chi connectivity index (χ3v) is 7.59. The number of aryl methyl sites for hydroxylation is 1. The number of nitrogens with zero attached hydrogens (tertiary/aromatic N) is 3. The van der Waals surface area contributed by atoms with Gasteiger partial charge in [-0.25, -0.2) is 4.98 Å². The minimum absolute atomic E-state index is 0.0892. The van der Waals surface area contributed by atoms with Crippen molar-refractivity contribution >= 4 is 22.3 Å². The molecule has 0 aliphatic carbocycles. The highest BCUT2D eigenvalue weighted by atomic mass is 32.1. The molecule has 3 N–H and O–H groups in total. The summed E-state index contributed by atoms with van der Waals surface area (Å²) in [7, 11) is 0. The van der Waals surface area contributed by atoms with E-state index in [0.717, 1.165) is 73.9 Å². The Morgan fingerprint density at radius 3 is 1.97 bits per heavy atom. The third-order valence-electron chi connectivity index (χ3n) is 6.41. The number of oxime groups is 1. The molecular weight excluding hydrogens is 508 g/mol. The van der Waals surface area contributed by atoms with Gasteiger partial charge in [0, 0.05) is 29.1 Å². The summed E-state index contributed by atoms with van der Waals surface area (Å²) in [6.07, 6.45) is 8.64. The average Bonchev–Trinajstić information content (AvgIpc) is 3.39. The molecule has 0 unspecified atom stereocenters. The van der Waals surface area contributed by atoms with Crippen LogP contribution in [0.2, 0.25) is 0 Å². The van der Waals surface area contributed by atoms with Crippen molar-refractivity contribution in [3.8, 4) is 22.8 Å². The Balaban J connectivity index is 1.46. The lowest BCUT2D eigenvalue weighted by atomic mass is 10.1. The summed E-state index contributed by atoms with van der Waals surface area (Å²) in [5.41, 5.74) is 8.54. The minimum atomic E-state index is 0.0892. The van der Waals surface area contributed by atoms with Crippen LogP contribution >= 0.6 is 11.3 Å². The molecule has 0 fully saturated rings. The Bertz CT molecular complexity index is 1120. The molecule has 0 radical (unpaired) electrons. The van der Waals surface area contributed by atoms with Crippen LogP contribution in [0.15, 0.2) is 53.7 Å². The van der Waals surface area contributed by atoms with Gasteiger partial charge in [0.05, 0.1) is 18.9 Å². The van der Waals surface area contributed by atoms with E-state index in [1.807, 2.05) is 23.5 Å². The predicted molar refractivity (Wildman–Crippen MR) is 163 cm³/mol. The summed E-state index contributed by atoms with van der Waals surface area (Å²) in [5.74, 6) is 1.76. The molecule has 2 aromatic carbocycles. The first-order valence-electron chi connectivity index (χ1n) is 14.3. The highest BCUT2D eigenvalue weighted by molar-refractivity contribution is 7.16. The monoisotopic (exact) mass is 552 g/mol. The lowest BCUT2D eigenvalue weighted by molar-refractivity contribution is 0.279. The van der Waals surface area contributed by atoms with Gasteiger partial charge in [0.2, 0.25) is 0 Å². The molecule has 0 bridgehead atoms. The van der Waals surface area contributed by atoms with Gasteiger partial charge in [0.1, 0.15) is 11.5 Å². The van der Waals surface area contributed by atoms with Crippen LogP contribution in [-0.2, 0) is 6.42 Å². The number of aromatic nitrogens is 1. The van der Waals surface area contributed by atoms with E-state index in [1.165, 1.54) is 23.3 Å². The van der Waals surface area contributed by atoms with E-state index < -0.39 is 0 Å². The van der Waals surface area contributed by atoms with Crippen molar-refractivity contribution < 1.29 is 14.7 Å². The van der Waals surface area contributed by atoms with E-state index in [-0.39, 0.29) is 5.84 Å². The average molecular weight is 553 g/mol. The van der Waals surface area contributed by atoms with E-state index in [0.29, 0.717) is 18.8 Å². The van der Waals surface area contributed by atoms with Crippen molar-refractivity contribution in [3.05, 3.63) is 59.0 Å². The molecule has 8 heteroatoms. The number of hydrogen-bond donors (Lipinski definition) is 2. The molecule has 7 nitrogen and oxygen atoms in total. The standard InChI is InChI=1S/C31H44N4O3S/c1-4-7-11-28-29(33-31(39-28)35(20-5-2)21-6-3)24-12-16-26(17-13-24)37-22-9-8-10-23-38-27-18-14-25(15-19-27)30(32)34-36/h12-19,36H,4-11,20-23H2,1-3H3,(H2,32,34). The third kappa shape index (κ3) is 9.46. The number of ether oxygens (including phenoxy) is 2. The van der Waals surface area contributed by atoms with Crippen molar-refractivity contribution in [2.45, 2.75) is 72.1 Å². The second kappa shape index (κ2) is 16.6. The maximum absolute atomic E-state index is 8.74. The fraction of sp³-hybridized carbons (Fsp3) is 0.484. The molecule has 0 saturated heterocycles. The molecule has 1 heterocycles. The maximum atomic E-state index is 8.74. The highest BCUT2D eigenvalue weighted by Crippen LogP contribution is 2.35. The Morgan fingerprint density at radius 1 is 0.846 bits per heavy atom. The molecule has 0 saturated carbocycles. The summed E-state index contributed by atoms with van der Waals surface area (Å²) >= 11 is 1.87. The summed E-state index contributed by atoms with van der Waals surface area (Å²) in [6.45, 7) is 10.1. The number of thiazole rings is 1. The molecule has 0 aliphatic rings. The van der Waals surface area contributed by atoms with Crippen molar-refractivity contribution in [3.63, 3.8) is 0 Å². The van der Waals surface area contributed by atoms with Gasteiger partial charge in [-0.15, -0.1) is 11.3 Å². The second-order valence-corrected chi connectivity index (χ2v) is 10.7. The van der Waals surface area contributed by atoms with Gasteiger partial charge in [-0.3, -0.25) is 0 Å². The van der Waals surface area contributed by atoms with Crippen molar-refractivity contribution in [2.75, 3.05) is 31.2 Å². The van der Waals surface area contributed by atoms with Crippen molar-refractivity contribution in [2.24, 2.45) is 10.9 Å². The molecule has 0 aliphatic heterocycles. The number of anilines is 1. The van der Waals surface area contributed by atoms with Gasteiger partial charge in [0.15, 0.2) is 11.0 Å². The smallest absolute Gasteiger partial charge is 0.186 e. The van der Waals surface area contributed by atoms with Crippen LogP contribution in [0, 0.1) is 0 Å². The van der Waals surface area contributed by atoms with Gasteiger partial charge in [-0.2, -0.15) is 0 Å². The molecule has 39 heavy (non-hydrogen) atoms. The zero-order chi connectivity index (χ0) is 27.9. The molecule has 0 atom stereocenters. The van der Waals surface area contributed by atoms with Gasteiger partial charge < -0.3 is 25.3 Å². The first kappa shape index (κ1) is 30.3. The predicted octanol–water partition coefficient (Wildman–Crippen LogP) is 7.50. The Labute approximate surface area is 237 Å². The number of hydrogen-bond acceptors (Lipinski definition) is 7. The van der Waals surface area contributed by atoms with Crippen molar-refractivity contribution in [1.29, 1.82) is 0 Å². The second-order valence-electron chi connectivity index (χ2n) is 9.65. The number of unbranched alkanes of at least 4 members (excludes halogenated alkanes) is 3. The van der Waals surface area contributed by atoms with Crippen LogP contribution in [0.3, 0.4) is 0 Å². The lowest BCUT2D eigenvalue weighted by Gasteiger charge is -2.20. The summed E-state index contributed by atoms with van der Waals surface area (Å²) in [6, 6.07) is 15.6. The van der Waals surface area contributed by atoms with Crippen LogP contribution < -0.4 is 20.1 Å². The molecule has 212 valence electrons. The van der Waals surface area contributed by atoms with Crippen LogP contribution in [0.5, 0.6) is 11.5 Å². The SMILES string of the molecule is CCCCc1sc(N(CCC)CCC)nc1-c1ccc(OCCCCCOc2ccc(C(N)=NO)cc2)cc1. The first-order chi connectivity index (χ1) is 19.1. The van der Waals surface area contributed by atoms with Gasteiger partial charge in [-0.1, -0.05) is 32.3 Å². The quantitative estimate of drug-likeness (QED) is 0.0558. The van der Waals surface area contributed by atoms with E-state index >= 15 is 0 Å². The van der Waals surface area contributed by atoms with Crippen LogP contribution in [0.1, 0.15) is 76.2 Å². The van der Waals surface area contributed by atoms with Gasteiger partial charge in [-0.05, 0) is 93.5 Å². The zero-order valence-electron chi connectivity index (χ0n) is 23.7. The van der Waals surface area contributed by atoms with Crippen molar-refractivity contribution in [1.82, 2.24) is 4.98 Å². The van der Waals surface area contributed by atoms with Crippen LogP contribution in [0.25, 0.3) is 11.3 Å². The molecule has 0 amide bonds. The molecule has 1 aromatic heterocycles. The van der Waals surface area contributed by atoms with E-state index in [4.69, 9.17) is 25.4 Å². The van der Waals surface area contributed by atoms with E-state index in [1.54, 1.807) is 12.1 Å². The fourth-order valence-electron chi connectivity index (χ4n) is 4.30. The minimum Gasteiger partial charge on any atom is -0.494 e. The number of amidine groups is 1. The lowest BCUT2D eigenvalue weighted by Crippen LogP contribution is -2.24. The topological polar surface area (TPSA) is 93.2 Å². The largest absolute Gasteiger partial charge is 0.494 e. The van der Waals surface area contributed by atoms with Crippen LogP contribution in [-0.4, -0.2) is 42.3 Å². The van der Waals surface area contributed by atoms with E-state index in [2.05, 4.69) is 55.1 Å². The van der Waals surface area contributed by atoms with Gasteiger partial charge in [0.25, 0.3) is 0 Å².